The van der Waals surface area contributed by atoms with Gasteiger partial charge < -0.3 is 18.9 Å². The summed E-state index contributed by atoms with van der Waals surface area (Å²) in [7, 11) is 0. The number of rotatable bonds is 9. The number of benzene rings is 2. The van der Waals surface area contributed by atoms with E-state index in [2.05, 4.69) is 4.98 Å². The van der Waals surface area contributed by atoms with Gasteiger partial charge in [-0.25, -0.2) is 4.79 Å². The highest BCUT2D eigenvalue weighted by atomic mass is 16.6. The van der Waals surface area contributed by atoms with Crippen LogP contribution in [0.3, 0.4) is 0 Å². The van der Waals surface area contributed by atoms with E-state index in [1.807, 2.05) is 60.7 Å². The number of aromatic amines is 1. The van der Waals surface area contributed by atoms with Gasteiger partial charge in [0.1, 0.15) is 12.2 Å². The van der Waals surface area contributed by atoms with Crippen LogP contribution in [0, 0.1) is 6.92 Å². The molecule has 0 bridgehead atoms. The van der Waals surface area contributed by atoms with Crippen LogP contribution in [0.4, 0.5) is 0 Å². The highest BCUT2D eigenvalue weighted by molar-refractivity contribution is 5.66. The summed E-state index contributed by atoms with van der Waals surface area (Å²) >= 11 is 0. The number of nitrogens with zero attached hydrogens (tertiary/aromatic N) is 1. The molecule has 184 valence electrons. The molecule has 9 heteroatoms. The first-order chi connectivity index (χ1) is 16.9. The Labute approximate surface area is 202 Å². The molecule has 1 aromatic heterocycles. The van der Waals surface area contributed by atoms with E-state index < -0.39 is 41.8 Å². The number of esters is 1. The van der Waals surface area contributed by atoms with Gasteiger partial charge in [-0.2, -0.15) is 0 Å². The number of nitrogens with one attached hydrogen (secondary N) is 1. The van der Waals surface area contributed by atoms with Gasteiger partial charge in [0.05, 0.1) is 19.8 Å². The third-order valence-electron chi connectivity index (χ3n) is 5.69. The Morgan fingerprint density at radius 2 is 1.60 bits per heavy atom. The van der Waals surface area contributed by atoms with Crippen molar-refractivity contribution in [3.63, 3.8) is 0 Å². The van der Waals surface area contributed by atoms with Crippen molar-refractivity contribution in [1.29, 1.82) is 0 Å². The number of hydrogen-bond donors (Lipinski definition) is 1. The number of carbonyl (C=O) groups excluding carboxylic acids is 1. The van der Waals surface area contributed by atoms with E-state index in [-0.39, 0.29) is 13.2 Å². The maximum atomic E-state index is 12.6. The van der Waals surface area contributed by atoms with Gasteiger partial charge in [0, 0.05) is 18.7 Å². The van der Waals surface area contributed by atoms with Gasteiger partial charge >= 0.3 is 11.7 Å². The molecule has 3 aromatic rings. The lowest BCUT2D eigenvalue weighted by atomic mass is 10.1. The normalized spacial score (nSPS) is 21.7. The summed E-state index contributed by atoms with van der Waals surface area (Å²) in [6, 6.07) is 19.2. The molecule has 1 unspecified atom stereocenters. The van der Waals surface area contributed by atoms with Crippen molar-refractivity contribution >= 4 is 5.97 Å². The highest BCUT2D eigenvalue weighted by Gasteiger charge is 2.49. The second-order valence-corrected chi connectivity index (χ2v) is 8.38. The molecule has 1 fully saturated rings. The maximum Gasteiger partial charge on any atom is 0.330 e. The van der Waals surface area contributed by atoms with E-state index in [1.165, 1.54) is 17.7 Å². The fourth-order valence-corrected chi connectivity index (χ4v) is 3.99. The monoisotopic (exact) mass is 480 g/mol. The van der Waals surface area contributed by atoms with Crippen LogP contribution < -0.4 is 11.2 Å². The van der Waals surface area contributed by atoms with Crippen molar-refractivity contribution in [2.75, 3.05) is 6.61 Å². The van der Waals surface area contributed by atoms with Crippen molar-refractivity contribution < 1.29 is 23.7 Å². The van der Waals surface area contributed by atoms with Crippen LogP contribution in [0.25, 0.3) is 0 Å². The predicted molar refractivity (Wildman–Crippen MR) is 127 cm³/mol. The van der Waals surface area contributed by atoms with E-state index in [9.17, 15) is 14.4 Å². The molecule has 0 amide bonds. The first-order valence-corrected chi connectivity index (χ1v) is 11.3. The molecule has 9 nitrogen and oxygen atoms in total. The zero-order chi connectivity index (χ0) is 24.8. The Morgan fingerprint density at radius 1 is 0.971 bits per heavy atom. The lowest BCUT2D eigenvalue weighted by Gasteiger charge is -2.25. The molecule has 0 aliphatic carbocycles. The summed E-state index contributed by atoms with van der Waals surface area (Å²) in [6.45, 7) is 3.60. The molecule has 1 saturated heterocycles. The minimum atomic E-state index is -1.01. The Morgan fingerprint density at radius 3 is 2.23 bits per heavy atom. The number of carbonyl (C=O) groups is 1. The van der Waals surface area contributed by atoms with Crippen LogP contribution in [0.1, 0.15) is 29.8 Å². The topological polar surface area (TPSA) is 109 Å². The van der Waals surface area contributed by atoms with E-state index in [0.29, 0.717) is 12.2 Å². The summed E-state index contributed by atoms with van der Waals surface area (Å²) in [6.07, 6.45) is -1.92. The molecular formula is C26H28N2O7. The molecule has 0 radical (unpaired) electrons. The molecule has 1 aliphatic rings. The molecule has 2 heterocycles. The van der Waals surface area contributed by atoms with Gasteiger partial charge in [-0.1, -0.05) is 60.7 Å². The Hall–Kier alpha value is -3.53. The quantitative estimate of drug-likeness (QED) is 0.469. The summed E-state index contributed by atoms with van der Waals surface area (Å²) < 4.78 is 25.1. The lowest BCUT2D eigenvalue weighted by Crippen LogP contribution is -2.42. The van der Waals surface area contributed by atoms with Crippen LogP contribution >= 0.6 is 0 Å². The van der Waals surface area contributed by atoms with Crippen LogP contribution in [0.15, 0.2) is 76.4 Å². The first-order valence-electron chi connectivity index (χ1n) is 11.3. The molecule has 2 aromatic carbocycles. The average Bonchev–Trinajstić information content (AvgIpc) is 3.17. The zero-order valence-electron chi connectivity index (χ0n) is 19.6. The molecule has 0 spiro atoms. The molecule has 1 aliphatic heterocycles. The fourth-order valence-electron chi connectivity index (χ4n) is 3.99. The lowest BCUT2D eigenvalue weighted by molar-refractivity contribution is -0.158. The minimum Gasteiger partial charge on any atom is -0.455 e. The largest absolute Gasteiger partial charge is 0.455 e. The van der Waals surface area contributed by atoms with E-state index >= 15 is 0 Å². The van der Waals surface area contributed by atoms with Crippen molar-refractivity contribution in [1.82, 2.24) is 9.55 Å². The standard InChI is InChI=1S/C26H28N2O7/c1-17-13-28(26(31)27-24(17)30)25-23(34-18(2)29)22(33-15-20-11-7-4-8-12-20)21(35-25)16-32-14-19-9-5-3-6-10-19/h3-13,21-23,25H,14-16H2,1-2H3,(H,27,30,31)/t21?,22-,23+,25+/m0/s1. The maximum absolute atomic E-state index is 12.6. The molecular weight excluding hydrogens is 452 g/mol. The van der Waals surface area contributed by atoms with E-state index in [4.69, 9.17) is 18.9 Å². The molecule has 1 N–H and O–H groups in total. The van der Waals surface area contributed by atoms with Crippen molar-refractivity contribution in [2.24, 2.45) is 0 Å². The second kappa shape index (κ2) is 11.3. The van der Waals surface area contributed by atoms with E-state index in [1.54, 1.807) is 6.92 Å². The Balaban J connectivity index is 1.60. The van der Waals surface area contributed by atoms with Gasteiger partial charge in [-0.3, -0.25) is 19.1 Å². The number of H-pyrrole nitrogens is 1. The van der Waals surface area contributed by atoms with Crippen LogP contribution in [-0.4, -0.2) is 40.4 Å². The van der Waals surface area contributed by atoms with Crippen LogP contribution in [0.5, 0.6) is 0 Å². The summed E-state index contributed by atoms with van der Waals surface area (Å²) in [5.74, 6) is -0.544. The van der Waals surface area contributed by atoms with Crippen molar-refractivity contribution in [2.45, 2.75) is 51.6 Å². The third kappa shape index (κ3) is 6.13. The molecule has 4 rings (SSSR count). The smallest absolute Gasteiger partial charge is 0.330 e. The molecule has 35 heavy (non-hydrogen) atoms. The van der Waals surface area contributed by atoms with Crippen molar-refractivity contribution in [3.8, 4) is 0 Å². The Bertz CT molecular complexity index is 1240. The van der Waals surface area contributed by atoms with Gasteiger partial charge in [0.2, 0.25) is 0 Å². The molecule has 4 atom stereocenters. The zero-order valence-corrected chi connectivity index (χ0v) is 19.6. The number of aromatic nitrogens is 2. The molecule has 0 saturated carbocycles. The first kappa shape index (κ1) is 24.6. The SMILES string of the molecule is CC(=O)O[C@H]1[C@H](n2cc(C)c(=O)[nH]c2=O)OC(COCc2ccccc2)[C@@H]1OCc1ccccc1. The number of ether oxygens (including phenoxy) is 4. The van der Waals surface area contributed by atoms with Gasteiger partial charge in [-0.15, -0.1) is 0 Å². The van der Waals surface area contributed by atoms with Gasteiger partial charge in [0.25, 0.3) is 5.56 Å². The highest BCUT2D eigenvalue weighted by Crippen LogP contribution is 2.34. The number of hydrogen-bond acceptors (Lipinski definition) is 7. The fraction of sp³-hybridized carbons (Fsp3) is 0.346. The predicted octanol–water partition coefficient (Wildman–Crippen LogP) is 2.48. The van der Waals surface area contributed by atoms with Gasteiger partial charge in [-0.05, 0) is 18.1 Å². The average molecular weight is 481 g/mol. The summed E-state index contributed by atoms with van der Waals surface area (Å²) in [5, 5.41) is 0. The van der Waals surface area contributed by atoms with Crippen LogP contribution in [-0.2, 0) is 37.0 Å². The summed E-state index contributed by atoms with van der Waals surface area (Å²) in [4.78, 5) is 38.8. The third-order valence-corrected chi connectivity index (χ3v) is 5.69. The van der Waals surface area contributed by atoms with E-state index in [0.717, 1.165) is 11.1 Å². The Kier molecular flexibility index (Phi) is 7.91. The number of aryl methyl sites for hydroxylation is 1. The van der Waals surface area contributed by atoms with Crippen LogP contribution in [0.2, 0.25) is 0 Å². The van der Waals surface area contributed by atoms with Crippen molar-refractivity contribution in [3.05, 3.63) is 104 Å². The minimum absolute atomic E-state index is 0.139. The summed E-state index contributed by atoms with van der Waals surface area (Å²) in [5.41, 5.74) is 1.08. The second-order valence-electron chi connectivity index (χ2n) is 8.38. The van der Waals surface area contributed by atoms with Gasteiger partial charge in [0.15, 0.2) is 12.3 Å².